The summed E-state index contributed by atoms with van der Waals surface area (Å²) >= 11 is 0. The fraction of sp³-hybridized carbons (Fsp3) is 0.476. The number of rotatable bonds is 4. The normalized spacial score (nSPS) is 24.5. The van der Waals surface area contributed by atoms with Gasteiger partial charge < -0.3 is 4.90 Å². The summed E-state index contributed by atoms with van der Waals surface area (Å²) in [6.07, 6.45) is -0.302. The number of hydrogen-bond acceptors (Lipinski definition) is 5. The van der Waals surface area contributed by atoms with Crippen molar-refractivity contribution in [1.82, 2.24) is 24.7 Å². The fourth-order valence-electron chi connectivity index (χ4n) is 4.95. The van der Waals surface area contributed by atoms with Gasteiger partial charge in [-0.15, -0.1) is 15.3 Å². The molecule has 0 N–H and O–H groups in total. The topological polar surface area (TPSA) is 49.6 Å². The van der Waals surface area contributed by atoms with Crippen LogP contribution in [0.1, 0.15) is 37.1 Å². The average Bonchev–Trinajstić information content (AvgIpc) is 3.25. The molecule has 9 heteroatoms. The van der Waals surface area contributed by atoms with Gasteiger partial charge in [-0.3, -0.25) is 4.90 Å². The van der Waals surface area contributed by atoms with Crippen LogP contribution >= 0.6 is 0 Å². The molecule has 4 heterocycles. The first-order valence-corrected chi connectivity index (χ1v) is 10.2. The van der Waals surface area contributed by atoms with Crippen LogP contribution < -0.4 is 4.90 Å². The largest absolute Gasteiger partial charge is 0.453 e. The predicted octanol–water partition coefficient (Wildman–Crippen LogP) is 3.77. The Balaban J connectivity index is 1.35. The highest BCUT2D eigenvalue weighted by molar-refractivity contribution is 5.46. The Morgan fingerprint density at radius 3 is 2.37 bits per heavy atom. The molecule has 2 bridgehead atoms. The molecule has 0 aliphatic carbocycles. The van der Waals surface area contributed by atoms with Crippen LogP contribution in [0.3, 0.4) is 0 Å². The fourth-order valence-corrected chi connectivity index (χ4v) is 4.95. The maximum absolute atomic E-state index is 13.2. The van der Waals surface area contributed by atoms with E-state index >= 15 is 0 Å². The summed E-state index contributed by atoms with van der Waals surface area (Å²) in [6.45, 7) is 0.951. The zero-order valence-corrected chi connectivity index (χ0v) is 16.6. The van der Waals surface area contributed by atoms with Crippen LogP contribution in [0.5, 0.6) is 0 Å². The van der Waals surface area contributed by atoms with Crippen LogP contribution in [-0.2, 0) is 12.7 Å². The Hall–Kier alpha value is -2.68. The summed E-state index contributed by atoms with van der Waals surface area (Å²) in [4.78, 5) is 4.61. The summed E-state index contributed by atoms with van der Waals surface area (Å²) in [6, 6.07) is 15.0. The third-order valence-electron chi connectivity index (χ3n) is 6.48. The number of nitrogens with zero attached hydrogens (tertiary/aromatic N) is 6. The second-order valence-electron chi connectivity index (χ2n) is 8.26. The number of alkyl halides is 3. The van der Waals surface area contributed by atoms with E-state index in [4.69, 9.17) is 0 Å². The van der Waals surface area contributed by atoms with Crippen LogP contribution in [0.4, 0.5) is 19.0 Å². The molecule has 2 aliphatic rings. The van der Waals surface area contributed by atoms with Crippen molar-refractivity contribution in [2.24, 2.45) is 0 Å². The molecule has 1 aromatic carbocycles. The Kier molecular flexibility index (Phi) is 4.65. The highest BCUT2D eigenvalue weighted by Gasteiger charge is 2.42. The van der Waals surface area contributed by atoms with Gasteiger partial charge in [-0.2, -0.15) is 17.7 Å². The number of piperidine rings is 1. The zero-order chi connectivity index (χ0) is 20.9. The summed E-state index contributed by atoms with van der Waals surface area (Å²) in [7, 11) is 1.92. The van der Waals surface area contributed by atoms with Crippen molar-refractivity contribution < 1.29 is 13.2 Å². The first-order valence-electron chi connectivity index (χ1n) is 10.2. The maximum Gasteiger partial charge on any atom is 0.453 e. The predicted molar refractivity (Wildman–Crippen MR) is 106 cm³/mol. The molecule has 2 fully saturated rings. The van der Waals surface area contributed by atoms with Gasteiger partial charge in [0.1, 0.15) is 5.82 Å². The lowest BCUT2D eigenvalue weighted by atomic mass is 9.95. The van der Waals surface area contributed by atoms with Crippen molar-refractivity contribution in [1.29, 1.82) is 0 Å². The zero-order valence-electron chi connectivity index (χ0n) is 16.6. The molecule has 158 valence electrons. The Bertz CT molecular complexity index is 1020. The third-order valence-corrected chi connectivity index (χ3v) is 6.48. The molecule has 0 amide bonds. The molecule has 0 spiro atoms. The minimum Gasteiger partial charge on any atom is -0.355 e. The highest BCUT2D eigenvalue weighted by Crippen LogP contribution is 2.39. The van der Waals surface area contributed by atoms with Gasteiger partial charge in [0.05, 0.1) is 0 Å². The quantitative estimate of drug-likeness (QED) is 0.648. The number of anilines is 1. The Morgan fingerprint density at radius 2 is 1.70 bits per heavy atom. The minimum absolute atomic E-state index is 0.0947. The van der Waals surface area contributed by atoms with Gasteiger partial charge in [0.15, 0.2) is 5.65 Å². The summed E-state index contributed by atoms with van der Waals surface area (Å²) in [5.74, 6) is -0.584. The second-order valence-corrected chi connectivity index (χ2v) is 8.26. The molecule has 2 unspecified atom stereocenters. The first kappa shape index (κ1) is 19.3. The van der Waals surface area contributed by atoms with Crippen molar-refractivity contribution in [2.75, 3.05) is 11.9 Å². The molecule has 2 aliphatic heterocycles. The van der Waals surface area contributed by atoms with Crippen molar-refractivity contribution in [3.8, 4) is 0 Å². The van der Waals surface area contributed by atoms with Crippen LogP contribution in [0.2, 0.25) is 0 Å². The molecule has 2 atom stereocenters. The van der Waals surface area contributed by atoms with E-state index in [0.717, 1.165) is 36.7 Å². The van der Waals surface area contributed by atoms with Gasteiger partial charge in [-0.1, -0.05) is 30.3 Å². The van der Waals surface area contributed by atoms with E-state index in [1.807, 2.05) is 18.0 Å². The first-order chi connectivity index (χ1) is 14.4. The minimum atomic E-state index is -4.59. The molecule has 0 radical (unpaired) electrons. The van der Waals surface area contributed by atoms with E-state index in [9.17, 15) is 13.2 Å². The Morgan fingerprint density at radius 1 is 1.00 bits per heavy atom. The molecule has 0 saturated carbocycles. The van der Waals surface area contributed by atoms with E-state index in [0.29, 0.717) is 17.9 Å². The monoisotopic (exact) mass is 416 g/mol. The van der Waals surface area contributed by atoms with Gasteiger partial charge >= 0.3 is 6.18 Å². The van der Waals surface area contributed by atoms with Crippen LogP contribution in [0, 0.1) is 0 Å². The molecular formula is C21H23F3N6. The lowest BCUT2D eigenvalue weighted by molar-refractivity contribution is -0.146. The standard InChI is InChI=1S/C21H23F3N6/c1-28(19-10-9-18-25-26-20(21(22,23)24)30(18)27-19)17-11-15-7-8-16(12-17)29(15)13-14-5-3-2-4-6-14/h2-6,9-10,15-17H,7-8,11-13H2,1H3. The maximum atomic E-state index is 13.2. The summed E-state index contributed by atoms with van der Waals surface area (Å²) < 4.78 is 40.4. The number of aromatic nitrogens is 4. The lowest BCUT2D eigenvalue weighted by Gasteiger charge is -2.42. The van der Waals surface area contributed by atoms with Gasteiger partial charge in [-0.25, -0.2) is 0 Å². The summed E-state index contributed by atoms with van der Waals surface area (Å²) in [5, 5.41) is 11.1. The number of hydrogen-bond donors (Lipinski definition) is 0. The van der Waals surface area contributed by atoms with E-state index < -0.39 is 12.0 Å². The van der Waals surface area contributed by atoms with Crippen molar-refractivity contribution in [3.05, 3.63) is 53.9 Å². The van der Waals surface area contributed by atoms with Gasteiger partial charge in [0, 0.05) is 31.7 Å². The Labute approximate surface area is 172 Å². The van der Waals surface area contributed by atoms with Crippen molar-refractivity contribution >= 4 is 11.5 Å². The van der Waals surface area contributed by atoms with E-state index in [-0.39, 0.29) is 11.7 Å². The SMILES string of the molecule is CN(c1ccc2nnc(C(F)(F)F)n2n1)C1CC2CCC(C1)N2Cc1ccccc1. The number of benzene rings is 1. The highest BCUT2D eigenvalue weighted by atomic mass is 19.4. The van der Waals surface area contributed by atoms with Crippen LogP contribution in [0.15, 0.2) is 42.5 Å². The molecule has 2 saturated heterocycles. The van der Waals surface area contributed by atoms with Gasteiger partial charge in [0.25, 0.3) is 5.82 Å². The molecule has 2 aromatic heterocycles. The van der Waals surface area contributed by atoms with E-state index in [1.54, 1.807) is 12.1 Å². The molecular weight excluding hydrogens is 393 g/mol. The van der Waals surface area contributed by atoms with Crippen LogP contribution in [-0.4, -0.2) is 49.9 Å². The van der Waals surface area contributed by atoms with E-state index in [1.165, 1.54) is 5.56 Å². The van der Waals surface area contributed by atoms with E-state index in [2.05, 4.69) is 44.5 Å². The molecule has 3 aromatic rings. The van der Waals surface area contributed by atoms with Crippen molar-refractivity contribution in [3.63, 3.8) is 0 Å². The lowest BCUT2D eigenvalue weighted by Crippen LogP contribution is -2.49. The molecule has 30 heavy (non-hydrogen) atoms. The van der Waals surface area contributed by atoms with Crippen LogP contribution in [0.25, 0.3) is 5.65 Å². The van der Waals surface area contributed by atoms with Crippen molar-refractivity contribution in [2.45, 2.75) is 56.5 Å². The molecule has 5 rings (SSSR count). The second kappa shape index (κ2) is 7.23. The molecule has 6 nitrogen and oxygen atoms in total. The average molecular weight is 416 g/mol. The number of fused-ring (bicyclic) bond motifs is 3. The summed E-state index contributed by atoms with van der Waals surface area (Å²) in [5.41, 5.74) is 1.41. The third kappa shape index (κ3) is 3.40. The number of halogens is 3. The van der Waals surface area contributed by atoms with Gasteiger partial charge in [0.2, 0.25) is 0 Å². The smallest absolute Gasteiger partial charge is 0.355 e. The van der Waals surface area contributed by atoms with Gasteiger partial charge in [-0.05, 0) is 43.4 Å².